The normalized spacial score (nSPS) is 10.6. The molecule has 0 aliphatic rings. The fourth-order valence-corrected chi connectivity index (χ4v) is 3.06. The number of ether oxygens (including phenoxy) is 2. The van der Waals surface area contributed by atoms with E-state index in [2.05, 4.69) is 45.2 Å². The second-order valence-corrected chi connectivity index (χ2v) is 7.70. The van der Waals surface area contributed by atoms with E-state index in [4.69, 9.17) is 9.47 Å². The van der Waals surface area contributed by atoms with Crippen LogP contribution in [0.1, 0.15) is 27.0 Å². The highest BCUT2D eigenvalue weighted by Gasteiger charge is 2.06. The standard InChI is InChI=1S/C25H23BrN2O3/c1-3-14-30-24-13-10-22(26)15-21(24)16-27-28-25(29)20-8-11-23(12-9-20)31-17-19-6-4-18(2)5-7-19/h3-13,15-16H,1,14,17H2,2H3,(H,28,29). The number of amides is 1. The van der Waals surface area contributed by atoms with Crippen LogP contribution in [0.5, 0.6) is 11.5 Å². The summed E-state index contributed by atoms with van der Waals surface area (Å²) in [6.45, 7) is 6.55. The van der Waals surface area contributed by atoms with Gasteiger partial charge >= 0.3 is 0 Å². The Balaban J connectivity index is 1.56. The van der Waals surface area contributed by atoms with E-state index in [0.717, 1.165) is 15.6 Å². The number of benzene rings is 3. The van der Waals surface area contributed by atoms with Crippen molar-refractivity contribution in [2.75, 3.05) is 6.61 Å². The van der Waals surface area contributed by atoms with Gasteiger partial charge in [0.25, 0.3) is 5.91 Å². The fourth-order valence-electron chi connectivity index (χ4n) is 2.68. The van der Waals surface area contributed by atoms with Crippen LogP contribution in [0.25, 0.3) is 0 Å². The molecule has 6 heteroatoms. The first kappa shape index (κ1) is 22.3. The molecule has 0 saturated heterocycles. The molecule has 0 heterocycles. The highest BCUT2D eigenvalue weighted by Crippen LogP contribution is 2.22. The summed E-state index contributed by atoms with van der Waals surface area (Å²) in [5.74, 6) is 1.03. The summed E-state index contributed by atoms with van der Waals surface area (Å²) in [6.07, 6.45) is 3.21. The number of carbonyl (C=O) groups excluding carboxylic acids is 1. The van der Waals surface area contributed by atoms with Crippen LogP contribution in [0.4, 0.5) is 0 Å². The van der Waals surface area contributed by atoms with E-state index in [-0.39, 0.29) is 5.91 Å². The summed E-state index contributed by atoms with van der Waals surface area (Å²) in [5, 5.41) is 4.05. The quantitative estimate of drug-likeness (QED) is 0.245. The Morgan fingerprint density at radius 1 is 1.06 bits per heavy atom. The monoisotopic (exact) mass is 478 g/mol. The molecule has 158 valence electrons. The first-order valence-electron chi connectivity index (χ1n) is 9.70. The van der Waals surface area contributed by atoms with Gasteiger partial charge in [0, 0.05) is 15.6 Å². The van der Waals surface area contributed by atoms with Crippen molar-refractivity contribution in [1.82, 2.24) is 5.43 Å². The first-order chi connectivity index (χ1) is 15.0. The third-order valence-corrected chi connectivity index (χ3v) is 4.83. The van der Waals surface area contributed by atoms with Gasteiger partial charge in [0.05, 0.1) is 6.21 Å². The topological polar surface area (TPSA) is 59.9 Å². The lowest BCUT2D eigenvalue weighted by Crippen LogP contribution is -2.17. The summed E-state index contributed by atoms with van der Waals surface area (Å²) >= 11 is 3.42. The van der Waals surface area contributed by atoms with Crippen LogP contribution in [-0.4, -0.2) is 18.7 Å². The van der Waals surface area contributed by atoms with E-state index in [9.17, 15) is 4.79 Å². The third kappa shape index (κ3) is 6.83. The average Bonchev–Trinajstić information content (AvgIpc) is 2.78. The minimum Gasteiger partial charge on any atom is -0.489 e. The molecule has 0 bridgehead atoms. The summed E-state index contributed by atoms with van der Waals surface area (Å²) in [4.78, 5) is 12.4. The van der Waals surface area contributed by atoms with Crippen LogP contribution in [0, 0.1) is 6.92 Å². The average molecular weight is 479 g/mol. The van der Waals surface area contributed by atoms with Gasteiger partial charge in [0.2, 0.25) is 0 Å². The van der Waals surface area contributed by atoms with Gasteiger partial charge in [-0.3, -0.25) is 4.79 Å². The molecule has 1 amide bonds. The molecule has 3 aromatic carbocycles. The number of carbonyl (C=O) groups is 1. The maximum atomic E-state index is 12.4. The Kier molecular flexibility index (Phi) is 8.01. The van der Waals surface area contributed by atoms with Crippen LogP contribution >= 0.6 is 15.9 Å². The van der Waals surface area contributed by atoms with Crippen molar-refractivity contribution in [3.63, 3.8) is 0 Å². The van der Waals surface area contributed by atoms with Crippen LogP contribution in [0.3, 0.4) is 0 Å². The molecule has 1 N–H and O–H groups in total. The number of hydrogen-bond acceptors (Lipinski definition) is 4. The van der Waals surface area contributed by atoms with Gasteiger partial charge in [0.1, 0.15) is 24.7 Å². The summed E-state index contributed by atoms with van der Waals surface area (Å²) in [7, 11) is 0. The lowest BCUT2D eigenvalue weighted by molar-refractivity contribution is 0.0955. The minimum absolute atomic E-state index is 0.315. The zero-order valence-corrected chi connectivity index (χ0v) is 18.8. The van der Waals surface area contributed by atoms with Gasteiger partial charge in [-0.1, -0.05) is 58.4 Å². The lowest BCUT2D eigenvalue weighted by atomic mass is 10.2. The number of hydrazone groups is 1. The van der Waals surface area contributed by atoms with Crippen LogP contribution < -0.4 is 14.9 Å². The zero-order valence-electron chi connectivity index (χ0n) is 17.2. The summed E-state index contributed by atoms with van der Waals surface area (Å²) < 4.78 is 12.3. The highest BCUT2D eigenvalue weighted by atomic mass is 79.9. The van der Waals surface area contributed by atoms with Gasteiger partial charge < -0.3 is 9.47 Å². The van der Waals surface area contributed by atoms with Gasteiger partial charge in [-0.2, -0.15) is 5.10 Å². The number of aryl methyl sites for hydroxylation is 1. The molecule has 0 saturated carbocycles. The molecule has 0 aliphatic heterocycles. The third-order valence-electron chi connectivity index (χ3n) is 4.34. The van der Waals surface area contributed by atoms with E-state index >= 15 is 0 Å². The predicted molar refractivity (Wildman–Crippen MR) is 127 cm³/mol. The van der Waals surface area contributed by atoms with Crippen molar-refractivity contribution < 1.29 is 14.3 Å². The Hall–Kier alpha value is -3.38. The van der Waals surface area contributed by atoms with Crippen LogP contribution in [0.2, 0.25) is 0 Å². The Bertz CT molecular complexity index is 1060. The second-order valence-electron chi connectivity index (χ2n) is 6.78. The number of nitrogens with one attached hydrogen (secondary N) is 1. The largest absolute Gasteiger partial charge is 0.489 e. The fraction of sp³-hybridized carbons (Fsp3) is 0.120. The molecule has 3 aromatic rings. The van der Waals surface area contributed by atoms with Crippen molar-refractivity contribution in [3.8, 4) is 11.5 Å². The van der Waals surface area contributed by atoms with Gasteiger partial charge in [-0.05, 0) is 55.0 Å². The second kappa shape index (κ2) is 11.1. The molecule has 0 atom stereocenters. The summed E-state index contributed by atoms with van der Waals surface area (Å²) in [5.41, 5.74) is 6.05. The van der Waals surface area contributed by atoms with Gasteiger partial charge in [0.15, 0.2) is 0 Å². The molecule has 0 fully saturated rings. The lowest BCUT2D eigenvalue weighted by Gasteiger charge is -2.08. The van der Waals surface area contributed by atoms with Crippen LogP contribution in [-0.2, 0) is 6.61 Å². The number of hydrogen-bond donors (Lipinski definition) is 1. The van der Waals surface area contributed by atoms with E-state index in [1.807, 2.05) is 37.3 Å². The number of halogens is 1. The smallest absolute Gasteiger partial charge is 0.271 e. The predicted octanol–water partition coefficient (Wildman–Crippen LogP) is 5.67. The van der Waals surface area contributed by atoms with Crippen molar-refractivity contribution in [3.05, 3.63) is 106 Å². The minimum atomic E-state index is -0.315. The molecule has 0 spiro atoms. The molecular formula is C25H23BrN2O3. The summed E-state index contributed by atoms with van der Waals surface area (Å²) in [6, 6.07) is 20.7. The number of nitrogens with zero attached hydrogens (tertiary/aromatic N) is 1. The molecule has 5 nitrogen and oxygen atoms in total. The van der Waals surface area contributed by atoms with Crippen molar-refractivity contribution >= 4 is 28.1 Å². The molecule has 31 heavy (non-hydrogen) atoms. The highest BCUT2D eigenvalue weighted by molar-refractivity contribution is 9.10. The Morgan fingerprint density at radius 2 is 1.81 bits per heavy atom. The van der Waals surface area contributed by atoms with Crippen LogP contribution in [0.15, 0.2) is 89.0 Å². The molecule has 0 aromatic heterocycles. The van der Waals surface area contributed by atoms with E-state index < -0.39 is 0 Å². The van der Waals surface area contributed by atoms with Gasteiger partial charge in [-0.25, -0.2) is 5.43 Å². The SMILES string of the molecule is C=CCOc1ccc(Br)cc1C=NNC(=O)c1ccc(OCc2ccc(C)cc2)cc1. The molecule has 0 aliphatic carbocycles. The Labute approximate surface area is 190 Å². The number of rotatable bonds is 9. The van der Waals surface area contributed by atoms with Crippen molar-refractivity contribution in [2.24, 2.45) is 5.10 Å². The molecule has 0 radical (unpaired) electrons. The zero-order chi connectivity index (χ0) is 22.1. The molecular weight excluding hydrogens is 456 g/mol. The maximum absolute atomic E-state index is 12.4. The molecule has 3 rings (SSSR count). The Morgan fingerprint density at radius 3 is 2.52 bits per heavy atom. The van der Waals surface area contributed by atoms with Crippen molar-refractivity contribution in [1.29, 1.82) is 0 Å². The maximum Gasteiger partial charge on any atom is 0.271 e. The van der Waals surface area contributed by atoms with Crippen molar-refractivity contribution in [2.45, 2.75) is 13.5 Å². The van der Waals surface area contributed by atoms with E-state index in [1.54, 1.807) is 36.6 Å². The molecule has 0 unspecified atom stereocenters. The van der Waals surface area contributed by atoms with E-state index in [1.165, 1.54) is 5.56 Å². The van der Waals surface area contributed by atoms with Gasteiger partial charge in [-0.15, -0.1) is 0 Å². The van der Waals surface area contributed by atoms with E-state index in [0.29, 0.717) is 30.3 Å². The first-order valence-corrected chi connectivity index (χ1v) is 10.5.